The van der Waals surface area contributed by atoms with Crippen LogP contribution in [0.2, 0.25) is 0 Å². The summed E-state index contributed by atoms with van der Waals surface area (Å²) in [6, 6.07) is 22.1. The van der Waals surface area contributed by atoms with E-state index in [4.69, 9.17) is 4.74 Å². The third-order valence-electron chi connectivity index (χ3n) is 6.94. The molecule has 2 aromatic heterocycles. The number of H-pyrrole nitrogens is 1. The highest BCUT2D eigenvalue weighted by Gasteiger charge is 2.26. The summed E-state index contributed by atoms with van der Waals surface area (Å²) >= 11 is 0. The highest BCUT2D eigenvalue weighted by Crippen LogP contribution is 2.27. The van der Waals surface area contributed by atoms with Crippen molar-refractivity contribution in [3.63, 3.8) is 0 Å². The van der Waals surface area contributed by atoms with Crippen LogP contribution in [0.1, 0.15) is 47.5 Å². The number of methoxy groups -OCH3 is 1. The molecule has 0 saturated carbocycles. The Morgan fingerprint density at radius 3 is 2.46 bits per heavy atom. The number of nitrogens with zero attached hydrogens (tertiary/aromatic N) is 5. The first-order valence-electron chi connectivity index (χ1n) is 12.9. The summed E-state index contributed by atoms with van der Waals surface area (Å²) in [6.07, 6.45) is 0.721. The lowest BCUT2D eigenvalue weighted by molar-refractivity contribution is 0.161. The Labute approximate surface area is 226 Å². The lowest BCUT2D eigenvalue weighted by Gasteiger charge is -2.30. The van der Waals surface area contributed by atoms with Gasteiger partial charge >= 0.3 is 0 Å². The molecule has 8 nitrogen and oxygen atoms in total. The molecule has 0 spiro atoms. The minimum atomic E-state index is -0.287. The standard InChI is InChI=1S/C30H31FN6O2/c1-4-28(29-33-34-35-37(29)18-22-9-12-25(31)13-10-22)36(17-21-7-5-20(2)6-8-21)19-24-15-23-11-14-26(39-3)16-27(23)32-30(24)38/h5-16,28H,4,17-19H2,1-3H3,(H,32,38)/t28-/m0/s1. The van der Waals surface area contributed by atoms with Gasteiger partial charge in [-0.2, -0.15) is 0 Å². The molecule has 1 atom stereocenters. The number of fused-ring (bicyclic) bond motifs is 1. The van der Waals surface area contributed by atoms with Gasteiger partial charge in [0.15, 0.2) is 5.82 Å². The molecule has 0 amide bonds. The van der Waals surface area contributed by atoms with Crippen molar-refractivity contribution in [1.82, 2.24) is 30.1 Å². The SMILES string of the molecule is CC[C@@H](c1nnnn1Cc1ccc(F)cc1)N(Cc1ccc(C)cc1)Cc1cc2ccc(OC)cc2[nH]c1=O. The molecule has 3 aromatic carbocycles. The van der Waals surface area contributed by atoms with Gasteiger partial charge in [0.2, 0.25) is 0 Å². The quantitative estimate of drug-likeness (QED) is 0.270. The first-order valence-corrected chi connectivity index (χ1v) is 12.9. The van der Waals surface area contributed by atoms with E-state index in [2.05, 4.69) is 63.5 Å². The molecule has 2 heterocycles. The van der Waals surface area contributed by atoms with Gasteiger partial charge < -0.3 is 9.72 Å². The van der Waals surface area contributed by atoms with Gasteiger partial charge in [-0.25, -0.2) is 9.07 Å². The van der Waals surface area contributed by atoms with Crippen LogP contribution in [0.25, 0.3) is 10.9 Å². The van der Waals surface area contributed by atoms with Crippen LogP contribution in [0.3, 0.4) is 0 Å². The Kier molecular flexibility index (Phi) is 7.79. The maximum absolute atomic E-state index is 13.5. The van der Waals surface area contributed by atoms with Crippen LogP contribution in [0, 0.1) is 12.7 Å². The number of aryl methyl sites for hydroxylation is 1. The maximum Gasteiger partial charge on any atom is 0.252 e. The van der Waals surface area contributed by atoms with Crippen molar-refractivity contribution in [2.24, 2.45) is 0 Å². The number of benzene rings is 3. The number of tetrazole rings is 1. The Bertz CT molecular complexity index is 1610. The molecule has 0 aliphatic carbocycles. The van der Waals surface area contributed by atoms with Crippen molar-refractivity contribution >= 4 is 10.9 Å². The average molecular weight is 527 g/mol. The largest absolute Gasteiger partial charge is 0.497 e. The number of hydrogen-bond acceptors (Lipinski definition) is 6. The molecule has 5 rings (SSSR count). The lowest BCUT2D eigenvalue weighted by atomic mass is 10.1. The van der Waals surface area contributed by atoms with E-state index in [1.807, 2.05) is 24.3 Å². The zero-order chi connectivity index (χ0) is 27.4. The molecule has 0 fully saturated rings. The Morgan fingerprint density at radius 2 is 1.74 bits per heavy atom. The maximum atomic E-state index is 13.5. The molecule has 0 unspecified atom stereocenters. The number of nitrogens with one attached hydrogen (secondary N) is 1. The molecule has 0 radical (unpaired) electrons. The molecule has 0 aliphatic rings. The molecule has 0 bridgehead atoms. The van der Waals surface area contributed by atoms with Gasteiger partial charge in [0.25, 0.3) is 5.56 Å². The van der Waals surface area contributed by atoms with Crippen molar-refractivity contribution < 1.29 is 9.13 Å². The summed E-state index contributed by atoms with van der Waals surface area (Å²) in [5.41, 5.74) is 4.43. The monoisotopic (exact) mass is 526 g/mol. The van der Waals surface area contributed by atoms with Gasteiger partial charge in [0.1, 0.15) is 11.6 Å². The topological polar surface area (TPSA) is 88.9 Å². The molecule has 0 saturated heterocycles. The third kappa shape index (κ3) is 6.04. The molecule has 1 N–H and O–H groups in total. The highest BCUT2D eigenvalue weighted by molar-refractivity contribution is 5.80. The summed E-state index contributed by atoms with van der Waals surface area (Å²) < 4.78 is 20.5. The summed E-state index contributed by atoms with van der Waals surface area (Å²) in [4.78, 5) is 18.4. The van der Waals surface area contributed by atoms with E-state index in [1.54, 1.807) is 23.9 Å². The number of aromatic amines is 1. The van der Waals surface area contributed by atoms with Gasteiger partial charge in [-0.15, -0.1) is 5.10 Å². The smallest absolute Gasteiger partial charge is 0.252 e. The van der Waals surface area contributed by atoms with Crippen molar-refractivity contribution in [2.75, 3.05) is 7.11 Å². The Balaban J connectivity index is 1.51. The van der Waals surface area contributed by atoms with E-state index in [0.717, 1.165) is 28.5 Å². The molecular weight excluding hydrogens is 495 g/mol. The first-order chi connectivity index (χ1) is 18.9. The Hall–Kier alpha value is -4.37. The number of ether oxygens (including phenoxy) is 1. The van der Waals surface area contributed by atoms with Gasteiger partial charge in [0.05, 0.1) is 25.2 Å². The van der Waals surface area contributed by atoms with E-state index in [9.17, 15) is 9.18 Å². The summed E-state index contributed by atoms with van der Waals surface area (Å²) in [6.45, 7) is 5.55. The normalized spacial score (nSPS) is 12.2. The third-order valence-corrected chi connectivity index (χ3v) is 6.94. The van der Waals surface area contributed by atoms with Gasteiger partial charge in [-0.3, -0.25) is 9.69 Å². The predicted molar refractivity (Wildman–Crippen MR) is 148 cm³/mol. The summed E-state index contributed by atoms with van der Waals surface area (Å²) in [5, 5.41) is 13.5. The second kappa shape index (κ2) is 11.6. The zero-order valence-electron chi connectivity index (χ0n) is 22.3. The van der Waals surface area contributed by atoms with Crippen LogP contribution in [0.15, 0.2) is 77.6 Å². The fourth-order valence-electron chi connectivity index (χ4n) is 4.82. The highest BCUT2D eigenvalue weighted by atomic mass is 19.1. The van der Waals surface area contributed by atoms with E-state index in [0.29, 0.717) is 36.8 Å². The van der Waals surface area contributed by atoms with Crippen molar-refractivity contribution in [2.45, 2.75) is 45.9 Å². The molecule has 200 valence electrons. The number of hydrogen-bond donors (Lipinski definition) is 1. The number of rotatable bonds is 10. The zero-order valence-corrected chi connectivity index (χ0v) is 22.3. The van der Waals surface area contributed by atoms with Crippen LogP contribution in [0.4, 0.5) is 4.39 Å². The van der Waals surface area contributed by atoms with Crippen LogP contribution in [0.5, 0.6) is 5.75 Å². The van der Waals surface area contributed by atoms with E-state index in [-0.39, 0.29) is 17.4 Å². The first kappa shape index (κ1) is 26.2. The number of pyridine rings is 1. The van der Waals surface area contributed by atoms with Crippen LogP contribution in [-0.2, 0) is 19.6 Å². The number of aromatic nitrogens is 5. The second-order valence-corrected chi connectivity index (χ2v) is 9.71. The Morgan fingerprint density at radius 1 is 1.00 bits per heavy atom. The molecule has 39 heavy (non-hydrogen) atoms. The average Bonchev–Trinajstić information content (AvgIpc) is 3.39. The van der Waals surface area contributed by atoms with Gasteiger partial charge in [0, 0.05) is 24.7 Å². The predicted octanol–water partition coefficient (Wildman–Crippen LogP) is 5.17. The fraction of sp³-hybridized carbons (Fsp3) is 0.267. The van der Waals surface area contributed by atoms with Crippen molar-refractivity contribution in [1.29, 1.82) is 0 Å². The van der Waals surface area contributed by atoms with Gasteiger partial charge in [-0.1, -0.05) is 48.9 Å². The van der Waals surface area contributed by atoms with E-state index < -0.39 is 0 Å². The molecule has 5 aromatic rings. The fourth-order valence-corrected chi connectivity index (χ4v) is 4.82. The van der Waals surface area contributed by atoms with E-state index >= 15 is 0 Å². The second-order valence-electron chi connectivity index (χ2n) is 9.71. The molecule has 9 heteroatoms. The van der Waals surface area contributed by atoms with Crippen LogP contribution < -0.4 is 10.3 Å². The minimum absolute atomic E-state index is 0.148. The molecule has 0 aliphatic heterocycles. The minimum Gasteiger partial charge on any atom is -0.497 e. The van der Waals surface area contributed by atoms with E-state index in [1.165, 1.54) is 17.7 Å². The lowest BCUT2D eigenvalue weighted by Crippen LogP contribution is -2.32. The van der Waals surface area contributed by atoms with Crippen molar-refractivity contribution in [3.8, 4) is 5.75 Å². The van der Waals surface area contributed by atoms with Crippen molar-refractivity contribution in [3.05, 3.63) is 117 Å². The summed E-state index contributed by atoms with van der Waals surface area (Å²) in [5.74, 6) is 1.09. The van der Waals surface area contributed by atoms with Gasteiger partial charge in [-0.05, 0) is 70.6 Å². The van der Waals surface area contributed by atoms with Crippen LogP contribution >= 0.6 is 0 Å². The number of halogens is 1. The summed E-state index contributed by atoms with van der Waals surface area (Å²) in [7, 11) is 1.60. The van der Waals surface area contributed by atoms with Crippen LogP contribution in [-0.4, -0.2) is 37.2 Å². The molecular formula is C30H31FN6O2.